The topological polar surface area (TPSA) is 75.7 Å². The zero-order valence-electron chi connectivity index (χ0n) is 22.6. The van der Waals surface area contributed by atoms with Crippen molar-refractivity contribution in [3.05, 3.63) is 63.8 Å². The third-order valence-electron chi connectivity index (χ3n) is 8.31. The van der Waals surface area contributed by atoms with Crippen LogP contribution in [-0.4, -0.2) is 92.9 Å². The van der Waals surface area contributed by atoms with Crippen molar-refractivity contribution in [3.8, 4) is 11.8 Å². The molecule has 196 valence electrons. The van der Waals surface area contributed by atoms with E-state index in [-0.39, 0.29) is 5.78 Å². The molecule has 6 rings (SSSR count). The molecule has 0 unspecified atom stereocenters. The molecular weight excluding hydrogens is 474 g/mol. The van der Waals surface area contributed by atoms with Crippen LogP contribution in [0.25, 0.3) is 10.9 Å². The third-order valence-corrected chi connectivity index (χ3v) is 8.31. The number of fused-ring (bicyclic) bond motifs is 4. The summed E-state index contributed by atoms with van der Waals surface area (Å²) in [6.45, 7) is 10.6. The fraction of sp³-hybridized carbons (Fsp3) is 0.419. The molecule has 38 heavy (non-hydrogen) atoms. The van der Waals surface area contributed by atoms with Gasteiger partial charge >= 0.3 is 0 Å². The van der Waals surface area contributed by atoms with Gasteiger partial charge in [-0.1, -0.05) is 37.8 Å². The van der Waals surface area contributed by atoms with Crippen molar-refractivity contribution < 1.29 is 9.53 Å². The normalized spacial score (nSPS) is 19.1. The van der Waals surface area contributed by atoms with E-state index in [1.165, 1.54) is 6.21 Å². The van der Waals surface area contributed by atoms with E-state index in [9.17, 15) is 4.79 Å². The lowest BCUT2D eigenvalue weighted by molar-refractivity contribution is -0.0660. The second-order valence-corrected chi connectivity index (χ2v) is 11.4. The molecule has 0 spiro atoms. The number of ether oxygens (including phenoxy) is 1. The lowest BCUT2D eigenvalue weighted by atomic mass is 9.70. The third kappa shape index (κ3) is 4.04. The van der Waals surface area contributed by atoms with Crippen molar-refractivity contribution in [1.82, 2.24) is 14.8 Å². The zero-order chi connectivity index (χ0) is 26.6. The van der Waals surface area contributed by atoms with Gasteiger partial charge in [-0.05, 0) is 43.4 Å². The van der Waals surface area contributed by atoms with Gasteiger partial charge in [-0.15, -0.1) is 0 Å². The standard InChI is InChI=1S/C31H35N5O2/c1-31(2)25-16-27(36-12-10-35(11-13-36)22-18-38-19-22)21(6-5-9-34(3)4)15-24(25)29(37)28-23-8-7-20(17-32)14-26(23)33-30(28)31/h7-8,14-17,22,32-33H,9-13,18-19H2,1-4H3. The summed E-state index contributed by atoms with van der Waals surface area (Å²) in [5.41, 5.74) is 6.82. The molecule has 7 heteroatoms. The van der Waals surface area contributed by atoms with Crippen LogP contribution in [0.15, 0.2) is 30.3 Å². The van der Waals surface area contributed by atoms with E-state index < -0.39 is 5.41 Å². The van der Waals surface area contributed by atoms with Gasteiger partial charge in [0.2, 0.25) is 0 Å². The van der Waals surface area contributed by atoms with Crippen molar-refractivity contribution in [2.24, 2.45) is 0 Å². The molecule has 2 N–H and O–H groups in total. The van der Waals surface area contributed by atoms with Gasteiger partial charge in [-0.2, -0.15) is 0 Å². The SMILES string of the molecule is CN(C)CC#Cc1cc2c(cc1N1CCN(C3COC3)CC1)C(C)(C)c1[nH]c3cc(C=N)ccc3c1C2=O. The number of hydrogen-bond acceptors (Lipinski definition) is 6. The second-order valence-electron chi connectivity index (χ2n) is 11.4. The maximum absolute atomic E-state index is 14.1. The first kappa shape index (κ1) is 24.9. The molecule has 0 saturated carbocycles. The number of H-pyrrole nitrogens is 1. The summed E-state index contributed by atoms with van der Waals surface area (Å²) in [7, 11) is 4.03. The van der Waals surface area contributed by atoms with E-state index in [2.05, 4.69) is 51.4 Å². The maximum atomic E-state index is 14.1. The molecule has 2 saturated heterocycles. The van der Waals surface area contributed by atoms with Crippen LogP contribution >= 0.6 is 0 Å². The summed E-state index contributed by atoms with van der Waals surface area (Å²) in [5, 5.41) is 8.56. The number of benzene rings is 2. The van der Waals surface area contributed by atoms with Crippen molar-refractivity contribution in [1.29, 1.82) is 5.41 Å². The molecule has 2 aromatic carbocycles. The molecule has 7 nitrogen and oxygen atoms in total. The summed E-state index contributed by atoms with van der Waals surface area (Å²) < 4.78 is 5.42. The van der Waals surface area contributed by atoms with Crippen LogP contribution in [0.3, 0.4) is 0 Å². The molecule has 0 atom stereocenters. The van der Waals surface area contributed by atoms with Gasteiger partial charge in [0.25, 0.3) is 0 Å². The molecule has 3 aliphatic rings. The first-order valence-corrected chi connectivity index (χ1v) is 13.4. The van der Waals surface area contributed by atoms with Crippen LogP contribution in [0, 0.1) is 17.3 Å². The van der Waals surface area contributed by atoms with Gasteiger partial charge in [0.05, 0.1) is 37.1 Å². The van der Waals surface area contributed by atoms with Crippen molar-refractivity contribution >= 4 is 28.6 Å². The number of aromatic nitrogens is 1. The molecule has 0 bridgehead atoms. The van der Waals surface area contributed by atoms with E-state index in [1.807, 2.05) is 38.4 Å². The fourth-order valence-corrected chi connectivity index (χ4v) is 5.99. The highest BCUT2D eigenvalue weighted by Crippen LogP contribution is 2.45. The van der Waals surface area contributed by atoms with Gasteiger partial charge in [0.1, 0.15) is 0 Å². The molecule has 3 aromatic rings. The summed E-state index contributed by atoms with van der Waals surface area (Å²) in [4.78, 5) is 24.6. The molecule has 1 aliphatic carbocycles. The first-order chi connectivity index (χ1) is 18.3. The number of piperazine rings is 1. The average Bonchev–Trinajstić information content (AvgIpc) is 3.26. The Morgan fingerprint density at radius 1 is 1.16 bits per heavy atom. The Balaban J connectivity index is 1.45. The summed E-state index contributed by atoms with van der Waals surface area (Å²) in [6.07, 6.45) is 1.34. The van der Waals surface area contributed by atoms with Gasteiger partial charge in [-0.3, -0.25) is 14.6 Å². The van der Waals surface area contributed by atoms with Gasteiger partial charge in [0, 0.05) is 65.5 Å². The van der Waals surface area contributed by atoms with Gasteiger partial charge in [0.15, 0.2) is 5.78 Å². The minimum Gasteiger partial charge on any atom is -0.378 e. The number of nitrogens with zero attached hydrogens (tertiary/aromatic N) is 3. The summed E-state index contributed by atoms with van der Waals surface area (Å²) >= 11 is 0. The Kier molecular flexibility index (Phi) is 6.14. The van der Waals surface area contributed by atoms with Crippen molar-refractivity contribution in [2.45, 2.75) is 25.3 Å². The van der Waals surface area contributed by atoms with E-state index in [4.69, 9.17) is 10.1 Å². The van der Waals surface area contributed by atoms with E-state index in [0.717, 1.165) is 89.5 Å². The quantitative estimate of drug-likeness (QED) is 0.416. The monoisotopic (exact) mass is 509 g/mol. The molecule has 2 aliphatic heterocycles. The largest absolute Gasteiger partial charge is 0.378 e. The predicted octanol–water partition coefficient (Wildman–Crippen LogP) is 3.47. The number of aromatic amines is 1. The molecule has 0 amide bonds. The molecular formula is C31H35N5O2. The Morgan fingerprint density at radius 2 is 1.92 bits per heavy atom. The Labute approximate surface area is 224 Å². The minimum atomic E-state index is -0.391. The predicted molar refractivity (Wildman–Crippen MR) is 152 cm³/mol. The van der Waals surface area contributed by atoms with E-state index in [1.54, 1.807) is 0 Å². The van der Waals surface area contributed by atoms with Gasteiger partial charge in [-0.25, -0.2) is 0 Å². The number of carbonyl (C=O) groups excluding carboxylic acids is 1. The lowest BCUT2D eigenvalue weighted by Crippen LogP contribution is -2.56. The zero-order valence-corrected chi connectivity index (χ0v) is 22.6. The maximum Gasteiger partial charge on any atom is 0.195 e. The number of hydrogen-bond donors (Lipinski definition) is 2. The second kappa shape index (κ2) is 9.39. The van der Waals surface area contributed by atoms with Crippen LogP contribution in [0.2, 0.25) is 0 Å². The summed E-state index contributed by atoms with van der Waals surface area (Å²) in [5.74, 6) is 6.76. The molecule has 1 aromatic heterocycles. The highest BCUT2D eigenvalue weighted by Gasteiger charge is 2.41. The van der Waals surface area contributed by atoms with E-state index >= 15 is 0 Å². The van der Waals surface area contributed by atoms with Crippen molar-refractivity contribution in [3.63, 3.8) is 0 Å². The van der Waals surface area contributed by atoms with Crippen molar-refractivity contribution in [2.75, 3.05) is 64.9 Å². The van der Waals surface area contributed by atoms with Crippen LogP contribution < -0.4 is 4.90 Å². The van der Waals surface area contributed by atoms with E-state index in [0.29, 0.717) is 12.6 Å². The Bertz CT molecular complexity index is 1490. The van der Waals surface area contributed by atoms with Crippen LogP contribution in [-0.2, 0) is 10.2 Å². The van der Waals surface area contributed by atoms with Crippen LogP contribution in [0.4, 0.5) is 5.69 Å². The average molecular weight is 510 g/mol. The molecule has 0 radical (unpaired) electrons. The van der Waals surface area contributed by atoms with Crippen LogP contribution in [0.5, 0.6) is 0 Å². The number of carbonyl (C=O) groups is 1. The summed E-state index contributed by atoms with van der Waals surface area (Å²) in [6, 6.07) is 10.6. The minimum absolute atomic E-state index is 0.0418. The first-order valence-electron chi connectivity index (χ1n) is 13.4. The molecule has 3 heterocycles. The number of ketones is 1. The Morgan fingerprint density at radius 3 is 2.58 bits per heavy atom. The Hall–Kier alpha value is -3.44. The lowest BCUT2D eigenvalue weighted by Gasteiger charge is -2.43. The number of nitrogens with one attached hydrogen (secondary N) is 2. The smallest absolute Gasteiger partial charge is 0.195 e. The van der Waals surface area contributed by atoms with Crippen LogP contribution in [0.1, 0.15) is 52.2 Å². The fourth-order valence-electron chi connectivity index (χ4n) is 5.99. The molecule has 2 fully saturated rings. The number of rotatable bonds is 4. The highest BCUT2D eigenvalue weighted by molar-refractivity contribution is 6.20. The van der Waals surface area contributed by atoms with Gasteiger partial charge < -0.3 is 20.0 Å². The number of anilines is 1. The highest BCUT2D eigenvalue weighted by atomic mass is 16.5.